The smallest absolute Gasteiger partial charge is 0.0602 e. The minimum Gasteiger partial charge on any atom is -0.379 e. The maximum Gasteiger partial charge on any atom is 0.0602 e. The second-order valence-corrected chi connectivity index (χ2v) is 4.60. The maximum atomic E-state index is 5.56. The van der Waals surface area contributed by atoms with Gasteiger partial charge >= 0.3 is 0 Å². The van der Waals surface area contributed by atoms with Crippen LogP contribution in [0.15, 0.2) is 0 Å². The number of hydrogen-bond acceptors (Lipinski definition) is 2. The summed E-state index contributed by atoms with van der Waals surface area (Å²) in [5, 5.41) is 0. The van der Waals surface area contributed by atoms with Gasteiger partial charge in [-0.1, -0.05) is 26.2 Å². The van der Waals surface area contributed by atoms with Gasteiger partial charge in [-0.25, -0.2) is 0 Å². The molecule has 1 aliphatic carbocycles. The number of hydrogen-bond donors (Lipinski definition) is 0. The quantitative estimate of drug-likeness (QED) is 0.495. The van der Waals surface area contributed by atoms with Crippen LogP contribution in [0, 0.1) is 0 Å². The zero-order valence-corrected chi connectivity index (χ0v) is 10.6. The fraction of sp³-hybridized carbons (Fsp3) is 1.00. The van der Waals surface area contributed by atoms with Crippen LogP contribution in [-0.4, -0.2) is 43.1 Å². The fourth-order valence-electron chi connectivity index (χ4n) is 2.38. The Morgan fingerprint density at radius 1 is 1.20 bits per heavy atom. The summed E-state index contributed by atoms with van der Waals surface area (Å²) in [5.41, 5.74) is 0. The van der Waals surface area contributed by atoms with Gasteiger partial charge in [-0.2, -0.15) is 0 Å². The third-order valence-electron chi connectivity index (χ3n) is 3.24. The van der Waals surface area contributed by atoms with Crippen molar-refractivity contribution in [1.29, 1.82) is 0 Å². The van der Waals surface area contributed by atoms with Crippen LogP contribution in [0.5, 0.6) is 0 Å². The molecule has 0 aromatic carbocycles. The molecule has 0 N–H and O–H groups in total. The first-order valence-electron chi connectivity index (χ1n) is 6.26. The molecule has 0 aromatic heterocycles. The molecule has 0 amide bonds. The van der Waals surface area contributed by atoms with Crippen molar-refractivity contribution in [3.8, 4) is 0 Å². The Hall–Kier alpha value is 0.210. The molecule has 15 heavy (non-hydrogen) atoms. The molecular weight excluding hydrogens is 210 g/mol. The average molecular weight is 234 g/mol. The van der Waals surface area contributed by atoms with Crippen LogP contribution < -0.4 is 0 Å². The topological polar surface area (TPSA) is 12.5 Å². The van der Waals surface area contributed by atoms with Crippen molar-refractivity contribution in [3.05, 3.63) is 0 Å². The molecule has 2 nitrogen and oxygen atoms in total. The number of ether oxygens (including phenoxy) is 1. The second-order valence-electron chi connectivity index (χ2n) is 4.22. The zero-order chi connectivity index (χ0) is 10.9. The summed E-state index contributed by atoms with van der Waals surface area (Å²) in [6.07, 6.45) is 7.00. The lowest BCUT2D eigenvalue weighted by atomic mass is 9.94. The lowest BCUT2D eigenvalue weighted by molar-refractivity contribution is 0.0864. The van der Waals surface area contributed by atoms with E-state index in [9.17, 15) is 0 Å². The van der Waals surface area contributed by atoms with E-state index in [4.69, 9.17) is 16.3 Å². The van der Waals surface area contributed by atoms with E-state index in [1.165, 1.54) is 32.1 Å². The highest BCUT2D eigenvalue weighted by Crippen LogP contribution is 2.22. The van der Waals surface area contributed by atoms with Crippen LogP contribution in [0.2, 0.25) is 0 Å². The predicted molar refractivity (Wildman–Crippen MR) is 65.7 cm³/mol. The van der Waals surface area contributed by atoms with E-state index in [2.05, 4.69) is 11.8 Å². The molecule has 1 fully saturated rings. The van der Waals surface area contributed by atoms with Crippen molar-refractivity contribution in [2.45, 2.75) is 45.1 Å². The SMILES string of the molecule is CCN(CCOCCCl)C1CCCCC1. The van der Waals surface area contributed by atoms with Gasteiger partial charge < -0.3 is 4.74 Å². The van der Waals surface area contributed by atoms with Crippen LogP contribution in [-0.2, 0) is 4.74 Å². The molecule has 0 unspecified atom stereocenters. The van der Waals surface area contributed by atoms with Crippen LogP contribution in [0.1, 0.15) is 39.0 Å². The highest BCUT2D eigenvalue weighted by molar-refractivity contribution is 6.17. The van der Waals surface area contributed by atoms with E-state index >= 15 is 0 Å². The first-order valence-corrected chi connectivity index (χ1v) is 6.79. The van der Waals surface area contributed by atoms with Crippen molar-refractivity contribution in [2.24, 2.45) is 0 Å². The highest BCUT2D eigenvalue weighted by atomic mass is 35.5. The van der Waals surface area contributed by atoms with Crippen molar-refractivity contribution >= 4 is 11.6 Å². The largest absolute Gasteiger partial charge is 0.379 e. The monoisotopic (exact) mass is 233 g/mol. The number of nitrogens with zero attached hydrogens (tertiary/aromatic N) is 1. The van der Waals surface area contributed by atoms with E-state index in [1.54, 1.807) is 0 Å². The van der Waals surface area contributed by atoms with Gasteiger partial charge in [-0.05, 0) is 19.4 Å². The number of rotatable bonds is 7. The molecular formula is C12H24ClNO. The molecule has 1 saturated carbocycles. The van der Waals surface area contributed by atoms with E-state index in [0.717, 1.165) is 25.7 Å². The number of likely N-dealkylation sites (N-methyl/N-ethyl adjacent to an activating group) is 1. The third-order valence-corrected chi connectivity index (χ3v) is 3.40. The molecule has 1 aliphatic rings. The van der Waals surface area contributed by atoms with Gasteiger partial charge in [0.2, 0.25) is 0 Å². The minimum atomic E-state index is 0.607. The highest BCUT2D eigenvalue weighted by Gasteiger charge is 2.19. The zero-order valence-electron chi connectivity index (χ0n) is 9.88. The summed E-state index contributed by atoms with van der Waals surface area (Å²) in [6.45, 7) is 5.98. The molecule has 90 valence electrons. The van der Waals surface area contributed by atoms with Gasteiger partial charge in [-0.15, -0.1) is 11.6 Å². The normalized spacial score (nSPS) is 18.6. The van der Waals surface area contributed by atoms with Crippen molar-refractivity contribution < 1.29 is 4.74 Å². The van der Waals surface area contributed by atoms with Gasteiger partial charge in [0.1, 0.15) is 0 Å². The summed E-state index contributed by atoms with van der Waals surface area (Å²) in [5.74, 6) is 0.607. The summed E-state index contributed by atoms with van der Waals surface area (Å²) >= 11 is 5.56. The molecule has 0 atom stereocenters. The maximum absolute atomic E-state index is 5.56. The van der Waals surface area contributed by atoms with E-state index in [0.29, 0.717) is 12.5 Å². The van der Waals surface area contributed by atoms with Gasteiger partial charge in [0.25, 0.3) is 0 Å². The van der Waals surface area contributed by atoms with Crippen LogP contribution in [0.25, 0.3) is 0 Å². The van der Waals surface area contributed by atoms with Gasteiger partial charge in [-0.3, -0.25) is 4.90 Å². The predicted octanol–water partition coefficient (Wildman–Crippen LogP) is 2.90. The third kappa shape index (κ3) is 5.19. The first kappa shape index (κ1) is 13.3. The number of halogens is 1. The van der Waals surface area contributed by atoms with Crippen LogP contribution in [0.4, 0.5) is 0 Å². The average Bonchev–Trinajstić information content (AvgIpc) is 2.30. The Bertz CT molecular complexity index is 149. The Kier molecular flexibility index (Phi) is 7.41. The van der Waals surface area contributed by atoms with Crippen molar-refractivity contribution in [3.63, 3.8) is 0 Å². The summed E-state index contributed by atoms with van der Waals surface area (Å²) in [6, 6.07) is 0.809. The summed E-state index contributed by atoms with van der Waals surface area (Å²) in [7, 11) is 0. The molecule has 0 radical (unpaired) electrons. The summed E-state index contributed by atoms with van der Waals surface area (Å²) in [4.78, 5) is 2.56. The molecule has 0 bridgehead atoms. The Labute approximate surface area is 98.9 Å². The molecule has 0 spiro atoms. The van der Waals surface area contributed by atoms with E-state index in [-0.39, 0.29) is 0 Å². The van der Waals surface area contributed by atoms with Crippen molar-refractivity contribution in [1.82, 2.24) is 4.90 Å². The lowest BCUT2D eigenvalue weighted by Crippen LogP contribution is -2.38. The van der Waals surface area contributed by atoms with E-state index < -0.39 is 0 Å². The molecule has 0 heterocycles. The molecule has 0 aromatic rings. The Morgan fingerprint density at radius 2 is 1.93 bits per heavy atom. The number of alkyl halides is 1. The van der Waals surface area contributed by atoms with Crippen molar-refractivity contribution in [2.75, 3.05) is 32.2 Å². The standard InChI is InChI=1S/C12H24ClNO/c1-2-14(9-11-15-10-8-13)12-6-4-3-5-7-12/h12H,2-11H2,1H3. The van der Waals surface area contributed by atoms with E-state index in [1.807, 2.05) is 0 Å². The van der Waals surface area contributed by atoms with Crippen LogP contribution in [0.3, 0.4) is 0 Å². The molecule has 1 rings (SSSR count). The second kappa shape index (κ2) is 8.37. The van der Waals surface area contributed by atoms with Gasteiger partial charge in [0.15, 0.2) is 0 Å². The van der Waals surface area contributed by atoms with Gasteiger partial charge in [0, 0.05) is 18.5 Å². The summed E-state index contributed by atoms with van der Waals surface area (Å²) < 4.78 is 5.43. The lowest BCUT2D eigenvalue weighted by Gasteiger charge is -2.33. The molecule has 0 aliphatic heterocycles. The first-order chi connectivity index (χ1) is 7.38. The Balaban J connectivity index is 2.15. The molecule has 0 saturated heterocycles. The fourth-order valence-corrected chi connectivity index (χ4v) is 2.49. The molecule has 3 heteroatoms. The minimum absolute atomic E-state index is 0.607. The Morgan fingerprint density at radius 3 is 2.53 bits per heavy atom. The van der Waals surface area contributed by atoms with Crippen LogP contribution >= 0.6 is 11.6 Å². The van der Waals surface area contributed by atoms with Gasteiger partial charge in [0.05, 0.1) is 13.2 Å².